The Labute approximate surface area is 330 Å². The SMILES string of the molecule is c1ccc(-c2cc(-c3ccc(-c4ccc(-c5cccc6oc7c8ccccc8c(-c8ccc9ccccc9c8)cc7c56)cc4)cc3)nc(-c3ccccc3)n2)cc1. The Morgan fingerprint density at radius 3 is 1.60 bits per heavy atom. The first kappa shape index (κ1) is 32.8. The molecule has 0 bridgehead atoms. The monoisotopic (exact) mass is 726 g/mol. The van der Waals surface area contributed by atoms with Crippen molar-refractivity contribution in [1.29, 1.82) is 0 Å². The van der Waals surface area contributed by atoms with Gasteiger partial charge in [0.05, 0.1) is 11.4 Å². The zero-order chi connectivity index (χ0) is 37.7. The average Bonchev–Trinajstić information content (AvgIpc) is 3.68. The standard InChI is InChI=1S/C54H34N2O/c1-3-13-39(14-4-1)49-34-50(56-54(55-49)41-15-5-2-6-16-41)40-29-24-37(25-30-40)36-22-27-38(28-23-36)44-20-11-21-51-52(44)48-33-47(45-18-9-10-19-46(45)53(48)57-51)43-31-26-35-12-7-8-17-42(35)32-43/h1-34H. The number of hydrogen-bond acceptors (Lipinski definition) is 3. The van der Waals surface area contributed by atoms with Gasteiger partial charge in [0.15, 0.2) is 5.82 Å². The van der Waals surface area contributed by atoms with E-state index in [4.69, 9.17) is 14.4 Å². The second-order valence-electron chi connectivity index (χ2n) is 14.5. The number of benzene rings is 9. The summed E-state index contributed by atoms with van der Waals surface area (Å²) in [4.78, 5) is 9.98. The first-order valence-electron chi connectivity index (χ1n) is 19.3. The minimum atomic E-state index is 0.713. The largest absolute Gasteiger partial charge is 0.455 e. The molecule has 0 radical (unpaired) electrons. The summed E-state index contributed by atoms with van der Waals surface area (Å²) in [6.45, 7) is 0. The third-order valence-corrected chi connectivity index (χ3v) is 11.1. The second-order valence-corrected chi connectivity index (χ2v) is 14.5. The third kappa shape index (κ3) is 5.85. The molecule has 0 unspecified atom stereocenters. The molecule has 0 saturated carbocycles. The van der Waals surface area contributed by atoms with Crippen LogP contribution in [0.4, 0.5) is 0 Å². The van der Waals surface area contributed by atoms with Crippen LogP contribution in [0, 0.1) is 0 Å². The van der Waals surface area contributed by atoms with Crippen LogP contribution < -0.4 is 0 Å². The number of hydrogen-bond donors (Lipinski definition) is 0. The van der Waals surface area contributed by atoms with Gasteiger partial charge in [0.1, 0.15) is 11.2 Å². The van der Waals surface area contributed by atoms with E-state index >= 15 is 0 Å². The topological polar surface area (TPSA) is 38.9 Å². The maximum absolute atomic E-state index is 6.69. The first-order chi connectivity index (χ1) is 28.2. The van der Waals surface area contributed by atoms with Gasteiger partial charge in [0.25, 0.3) is 0 Å². The van der Waals surface area contributed by atoms with Crippen LogP contribution in [0.1, 0.15) is 0 Å². The van der Waals surface area contributed by atoms with Crippen LogP contribution in [0.15, 0.2) is 211 Å². The summed E-state index contributed by atoms with van der Waals surface area (Å²) in [7, 11) is 0. The zero-order valence-corrected chi connectivity index (χ0v) is 30.9. The van der Waals surface area contributed by atoms with E-state index in [1.807, 2.05) is 36.4 Å². The van der Waals surface area contributed by atoms with E-state index < -0.39 is 0 Å². The van der Waals surface area contributed by atoms with Crippen LogP contribution in [-0.2, 0) is 0 Å². The summed E-state index contributed by atoms with van der Waals surface area (Å²) in [5, 5.41) is 7.03. The maximum Gasteiger partial charge on any atom is 0.160 e. The lowest BCUT2D eigenvalue weighted by Crippen LogP contribution is -1.95. The third-order valence-electron chi connectivity index (χ3n) is 11.1. The summed E-state index contributed by atoms with van der Waals surface area (Å²) in [6.07, 6.45) is 0. The molecular formula is C54H34N2O. The van der Waals surface area contributed by atoms with Crippen LogP contribution >= 0.6 is 0 Å². The minimum Gasteiger partial charge on any atom is -0.455 e. The van der Waals surface area contributed by atoms with Crippen molar-refractivity contribution in [2.45, 2.75) is 0 Å². The molecule has 0 aliphatic carbocycles. The Morgan fingerprint density at radius 1 is 0.316 bits per heavy atom. The van der Waals surface area contributed by atoms with Crippen LogP contribution in [0.3, 0.4) is 0 Å². The molecule has 0 N–H and O–H groups in total. The summed E-state index contributed by atoms with van der Waals surface area (Å²) >= 11 is 0. The van der Waals surface area contributed by atoms with Crippen molar-refractivity contribution in [2.75, 3.05) is 0 Å². The van der Waals surface area contributed by atoms with E-state index in [9.17, 15) is 0 Å². The molecule has 11 aromatic rings. The Kier molecular flexibility index (Phi) is 7.82. The molecular weight excluding hydrogens is 693 g/mol. The Hall–Kier alpha value is -7.62. The average molecular weight is 727 g/mol. The van der Waals surface area contributed by atoms with Crippen molar-refractivity contribution in [2.24, 2.45) is 0 Å². The van der Waals surface area contributed by atoms with Crippen LogP contribution in [0.5, 0.6) is 0 Å². The highest BCUT2D eigenvalue weighted by atomic mass is 16.3. The fourth-order valence-electron chi connectivity index (χ4n) is 8.23. The molecule has 0 atom stereocenters. The molecule has 0 saturated heterocycles. The van der Waals surface area contributed by atoms with Crippen molar-refractivity contribution >= 4 is 43.5 Å². The fraction of sp³-hybridized carbons (Fsp3) is 0. The summed E-state index contributed by atoms with van der Waals surface area (Å²) in [5.41, 5.74) is 13.7. The van der Waals surface area contributed by atoms with Gasteiger partial charge in [-0.15, -0.1) is 0 Å². The predicted molar refractivity (Wildman–Crippen MR) is 237 cm³/mol. The van der Waals surface area contributed by atoms with Gasteiger partial charge in [-0.05, 0) is 73.8 Å². The maximum atomic E-state index is 6.69. The molecule has 0 spiro atoms. The number of furan rings is 1. The quantitative estimate of drug-likeness (QED) is 0.171. The smallest absolute Gasteiger partial charge is 0.160 e. The second kappa shape index (κ2) is 13.6. The van der Waals surface area contributed by atoms with E-state index in [1.165, 1.54) is 27.3 Å². The van der Waals surface area contributed by atoms with Gasteiger partial charge in [-0.2, -0.15) is 0 Å². The molecule has 11 rings (SSSR count). The molecule has 0 amide bonds. The number of rotatable bonds is 6. The van der Waals surface area contributed by atoms with Gasteiger partial charge < -0.3 is 4.42 Å². The molecule has 3 nitrogen and oxygen atoms in total. The van der Waals surface area contributed by atoms with Crippen molar-refractivity contribution in [3.8, 4) is 67.3 Å². The lowest BCUT2D eigenvalue weighted by Gasteiger charge is -2.11. The molecule has 0 fully saturated rings. The van der Waals surface area contributed by atoms with E-state index in [0.29, 0.717) is 5.82 Å². The van der Waals surface area contributed by atoms with Gasteiger partial charge in [-0.1, -0.05) is 182 Å². The molecule has 9 aromatic carbocycles. The van der Waals surface area contributed by atoms with E-state index in [0.717, 1.165) is 77.7 Å². The zero-order valence-electron chi connectivity index (χ0n) is 30.9. The lowest BCUT2D eigenvalue weighted by atomic mass is 9.92. The predicted octanol–water partition coefficient (Wildman–Crippen LogP) is 14.7. The summed E-state index contributed by atoms with van der Waals surface area (Å²) < 4.78 is 6.69. The van der Waals surface area contributed by atoms with E-state index in [1.54, 1.807) is 0 Å². The Bertz CT molecular complexity index is 3200. The van der Waals surface area contributed by atoms with Crippen molar-refractivity contribution in [1.82, 2.24) is 9.97 Å². The van der Waals surface area contributed by atoms with Crippen LogP contribution in [0.25, 0.3) is 111 Å². The molecule has 0 aliphatic heterocycles. The molecule has 2 heterocycles. The first-order valence-corrected chi connectivity index (χ1v) is 19.3. The van der Waals surface area contributed by atoms with E-state index in [-0.39, 0.29) is 0 Å². The Balaban J connectivity index is 0.963. The number of fused-ring (bicyclic) bond motifs is 6. The van der Waals surface area contributed by atoms with Gasteiger partial charge >= 0.3 is 0 Å². The van der Waals surface area contributed by atoms with Crippen LogP contribution in [-0.4, -0.2) is 9.97 Å². The molecule has 3 heteroatoms. The molecule has 0 aliphatic rings. The highest BCUT2D eigenvalue weighted by Gasteiger charge is 2.18. The fourth-order valence-corrected chi connectivity index (χ4v) is 8.23. The molecule has 57 heavy (non-hydrogen) atoms. The van der Waals surface area contributed by atoms with Crippen molar-refractivity contribution in [3.63, 3.8) is 0 Å². The minimum absolute atomic E-state index is 0.713. The van der Waals surface area contributed by atoms with Crippen LogP contribution in [0.2, 0.25) is 0 Å². The van der Waals surface area contributed by atoms with Gasteiger partial charge in [-0.25, -0.2) is 9.97 Å². The van der Waals surface area contributed by atoms with Gasteiger partial charge in [-0.3, -0.25) is 0 Å². The van der Waals surface area contributed by atoms with Gasteiger partial charge in [0.2, 0.25) is 0 Å². The van der Waals surface area contributed by atoms with Gasteiger partial charge in [0, 0.05) is 32.8 Å². The van der Waals surface area contributed by atoms with E-state index in [2.05, 4.69) is 170 Å². The number of aromatic nitrogens is 2. The van der Waals surface area contributed by atoms with Crippen molar-refractivity contribution < 1.29 is 4.42 Å². The Morgan fingerprint density at radius 2 is 0.877 bits per heavy atom. The highest BCUT2D eigenvalue weighted by Crippen LogP contribution is 2.43. The summed E-state index contributed by atoms with van der Waals surface area (Å²) in [5.74, 6) is 0.713. The lowest BCUT2D eigenvalue weighted by molar-refractivity contribution is 0.673. The highest BCUT2D eigenvalue weighted by molar-refractivity contribution is 6.22. The number of nitrogens with zero attached hydrogens (tertiary/aromatic N) is 2. The molecule has 266 valence electrons. The molecule has 2 aromatic heterocycles. The normalized spacial score (nSPS) is 11.5. The van der Waals surface area contributed by atoms with Crippen molar-refractivity contribution in [3.05, 3.63) is 206 Å². The summed E-state index contributed by atoms with van der Waals surface area (Å²) in [6, 6.07) is 72.7.